The average Bonchev–Trinajstić information content (AvgIpc) is 3.24. The molecule has 2 aliphatic rings. The molecule has 2 atom stereocenters. The Bertz CT molecular complexity index is 1120. The zero-order chi connectivity index (χ0) is 22.6. The minimum Gasteiger partial charge on any atom is -0.449 e. The van der Waals surface area contributed by atoms with Crippen LogP contribution >= 0.6 is 0 Å². The Hall–Kier alpha value is -2.32. The molecule has 0 aliphatic heterocycles. The normalized spacial score (nSPS) is 18.9. The van der Waals surface area contributed by atoms with Gasteiger partial charge in [-0.05, 0) is 81.4 Å². The molecule has 168 valence electrons. The number of urea groups is 1. The first-order chi connectivity index (χ1) is 14.5. The topological polar surface area (TPSA) is 115 Å². The summed E-state index contributed by atoms with van der Waals surface area (Å²) in [5, 5.41) is 13.0. The first-order valence-electron chi connectivity index (χ1n) is 10.8. The maximum atomic E-state index is 13.0. The van der Waals surface area contributed by atoms with Crippen molar-refractivity contribution in [1.82, 2.24) is 4.72 Å². The quantitative estimate of drug-likeness (QED) is 0.503. The minimum absolute atomic E-state index is 0.179. The van der Waals surface area contributed by atoms with E-state index in [1.807, 2.05) is 0 Å². The molecule has 0 bridgehead atoms. The van der Waals surface area contributed by atoms with Crippen molar-refractivity contribution in [2.75, 3.05) is 5.32 Å². The number of carbonyl (C=O) groups is 1. The highest BCUT2D eigenvalue weighted by Gasteiger charge is 2.33. The maximum Gasteiger partial charge on any atom is 0.332 e. The molecule has 1 fully saturated rings. The Balaban J connectivity index is 1.59. The van der Waals surface area contributed by atoms with Crippen LogP contribution in [0.15, 0.2) is 27.7 Å². The van der Waals surface area contributed by atoms with Crippen LogP contribution in [0.2, 0.25) is 0 Å². The fraction of sp³-hybridized carbons (Fsp3) is 0.522. The molecule has 31 heavy (non-hydrogen) atoms. The number of hydrogen-bond acceptors (Lipinski definition) is 5. The monoisotopic (exact) mass is 445 g/mol. The second kappa shape index (κ2) is 7.67. The van der Waals surface area contributed by atoms with Crippen molar-refractivity contribution in [2.45, 2.75) is 76.4 Å². The van der Waals surface area contributed by atoms with Gasteiger partial charge in [-0.15, -0.1) is 0 Å². The Morgan fingerprint density at radius 3 is 2.65 bits per heavy atom. The van der Waals surface area contributed by atoms with Crippen molar-refractivity contribution in [3.05, 3.63) is 46.2 Å². The van der Waals surface area contributed by atoms with Gasteiger partial charge in [0.1, 0.15) is 5.76 Å². The SMILES string of the molecule is Cc1oc([S@](=N)(=O)NC(=O)Nc2c([C@@H](C)C3CC3)ccc3c2CCC3)cc1C(C)(C)O. The van der Waals surface area contributed by atoms with Crippen LogP contribution in [0.3, 0.4) is 0 Å². The van der Waals surface area contributed by atoms with Crippen molar-refractivity contribution in [2.24, 2.45) is 5.92 Å². The van der Waals surface area contributed by atoms with Crippen molar-refractivity contribution in [3.63, 3.8) is 0 Å². The van der Waals surface area contributed by atoms with Crippen molar-refractivity contribution in [1.29, 1.82) is 4.78 Å². The summed E-state index contributed by atoms with van der Waals surface area (Å²) in [6.07, 6.45) is 5.34. The third-order valence-electron chi connectivity index (χ3n) is 6.45. The molecular weight excluding hydrogens is 414 g/mol. The molecule has 1 heterocycles. The molecule has 2 amide bonds. The number of fused-ring (bicyclic) bond motifs is 1. The number of carbonyl (C=O) groups excluding carboxylic acids is 1. The number of amides is 2. The van der Waals surface area contributed by atoms with Crippen molar-refractivity contribution in [3.8, 4) is 0 Å². The number of anilines is 1. The maximum absolute atomic E-state index is 13.0. The Kier molecular flexibility index (Phi) is 5.42. The molecule has 1 aromatic heterocycles. The van der Waals surface area contributed by atoms with Gasteiger partial charge in [0.05, 0.1) is 5.60 Å². The fourth-order valence-corrected chi connectivity index (χ4v) is 5.52. The molecule has 2 aliphatic carbocycles. The third kappa shape index (κ3) is 4.36. The summed E-state index contributed by atoms with van der Waals surface area (Å²) < 4.78 is 29.0. The first kappa shape index (κ1) is 21.9. The molecule has 1 saturated carbocycles. The fourth-order valence-electron chi connectivity index (χ4n) is 4.59. The van der Waals surface area contributed by atoms with Gasteiger partial charge in [0.2, 0.25) is 5.09 Å². The summed E-state index contributed by atoms with van der Waals surface area (Å²) >= 11 is 0. The van der Waals surface area contributed by atoms with E-state index in [1.165, 1.54) is 24.5 Å². The van der Waals surface area contributed by atoms with Gasteiger partial charge in [0.15, 0.2) is 9.92 Å². The van der Waals surface area contributed by atoms with E-state index in [4.69, 9.17) is 9.20 Å². The van der Waals surface area contributed by atoms with Crippen LogP contribution < -0.4 is 10.0 Å². The highest BCUT2D eigenvalue weighted by atomic mass is 32.2. The van der Waals surface area contributed by atoms with Gasteiger partial charge in [-0.2, -0.15) is 0 Å². The van der Waals surface area contributed by atoms with Gasteiger partial charge in [-0.1, -0.05) is 19.1 Å². The second-order valence-electron chi connectivity index (χ2n) is 9.35. The summed E-state index contributed by atoms with van der Waals surface area (Å²) in [6, 6.07) is 4.96. The van der Waals surface area contributed by atoms with Crippen LogP contribution in [0.4, 0.5) is 10.5 Å². The summed E-state index contributed by atoms with van der Waals surface area (Å²) in [6.45, 7) is 6.98. The number of benzene rings is 1. The largest absolute Gasteiger partial charge is 0.449 e. The van der Waals surface area contributed by atoms with E-state index in [1.54, 1.807) is 20.8 Å². The lowest BCUT2D eigenvalue weighted by molar-refractivity contribution is 0.0769. The van der Waals surface area contributed by atoms with E-state index in [9.17, 15) is 14.1 Å². The van der Waals surface area contributed by atoms with E-state index in [2.05, 4.69) is 29.1 Å². The number of rotatable bonds is 6. The zero-order valence-corrected chi connectivity index (χ0v) is 19.3. The van der Waals surface area contributed by atoms with E-state index < -0.39 is 21.5 Å². The molecule has 0 unspecified atom stereocenters. The van der Waals surface area contributed by atoms with Crippen LogP contribution in [-0.2, 0) is 28.4 Å². The second-order valence-corrected chi connectivity index (χ2v) is 11.1. The smallest absolute Gasteiger partial charge is 0.332 e. The summed E-state index contributed by atoms with van der Waals surface area (Å²) in [7, 11) is -3.73. The van der Waals surface area contributed by atoms with E-state index in [0.29, 0.717) is 23.2 Å². The van der Waals surface area contributed by atoms with Gasteiger partial charge >= 0.3 is 6.03 Å². The molecular formula is C23H31N3O4S. The van der Waals surface area contributed by atoms with Crippen LogP contribution in [0.1, 0.15) is 74.0 Å². The summed E-state index contributed by atoms with van der Waals surface area (Å²) in [5.41, 5.74) is 3.52. The number of aliphatic hydroxyl groups is 1. The number of nitrogens with one attached hydrogen (secondary N) is 3. The first-order valence-corrected chi connectivity index (χ1v) is 12.4. The third-order valence-corrected chi connectivity index (χ3v) is 7.69. The predicted octanol–water partition coefficient (Wildman–Crippen LogP) is 4.96. The molecule has 0 spiro atoms. The van der Waals surface area contributed by atoms with Crippen LogP contribution in [0, 0.1) is 17.6 Å². The minimum atomic E-state index is -3.73. The molecule has 7 nitrogen and oxygen atoms in total. The van der Waals surface area contributed by atoms with Crippen LogP contribution in [0.5, 0.6) is 0 Å². The van der Waals surface area contributed by atoms with E-state index in [0.717, 1.165) is 36.1 Å². The zero-order valence-electron chi connectivity index (χ0n) is 18.5. The highest BCUT2D eigenvalue weighted by molar-refractivity contribution is 7.91. The molecule has 2 aromatic rings. The van der Waals surface area contributed by atoms with Gasteiger partial charge in [-0.3, -0.25) is 0 Å². The molecule has 1 aromatic carbocycles. The van der Waals surface area contributed by atoms with E-state index in [-0.39, 0.29) is 5.09 Å². The van der Waals surface area contributed by atoms with Crippen LogP contribution in [-0.4, -0.2) is 15.3 Å². The summed E-state index contributed by atoms with van der Waals surface area (Å²) in [4.78, 5) is 12.8. The number of aryl methyl sites for hydroxylation is 2. The van der Waals surface area contributed by atoms with Gasteiger partial charge in [0, 0.05) is 17.3 Å². The van der Waals surface area contributed by atoms with Crippen LogP contribution in [0.25, 0.3) is 0 Å². The van der Waals surface area contributed by atoms with Gasteiger partial charge in [-0.25, -0.2) is 18.5 Å². The number of hydrogen-bond donors (Lipinski definition) is 4. The van der Waals surface area contributed by atoms with Gasteiger partial charge < -0.3 is 14.8 Å². The van der Waals surface area contributed by atoms with E-state index >= 15 is 0 Å². The van der Waals surface area contributed by atoms with Crippen molar-refractivity contribution < 1.29 is 18.5 Å². The highest BCUT2D eigenvalue weighted by Crippen LogP contribution is 2.46. The Morgan fingerprint density at radius 1 is 1.32 bits per heavy atom. The lowest BCUT2D eigenvalue weighted by Gasteiger charge is -2.20. The molecule has 0 saturated heterocycles. The molecule has 0 radical (unpaired) electrons. The standard InChI is InChI=1S/C23H31N3O4S/c1-13(15-8-9-15)17-11-10-16-6-5-7-18(16)21(17)25-22(27)26-31(24,29)20-12-19(14(2)30-20)23(3,4)28/h10-13,15,28H,5-9H2,1-4H3,(H3,24,25,26,27,29)/t13-,31+/m0/s1. The lowest BCUT2D eigenvalue weighted by Crippen LogP contribution is -2.34. The molecule has 4 N–H and O–H groups in total. The number of furan rings is 1. The Labute approximate surface area is 183 Å². The predicted molar refractivity (Wildman–Crippen MR) is 120 cm³/mol. The van der Waals surface area contributed by atoms with Gasteiger partial charge in [0.25, 0.3) is 0 Å². The summed E-state index contributed by atoms with van der Waals surface area (Å²) in [5.74, 6) is 1.34. The van der Waals surface area contributed by atoms with Crippen molar-refractivity contribution >= 4 is 21.6 Å². The molecule has 8 heteroatoms. The molecule has 4 rings (SSSR count). The Morgan fingerprint density at radius 2 is 2.03 bits per heavy atom. The average molecular weight is 446 g/mol. The lowest BCUT2D eigenvalue weighted by atomic mass is 9.91.